The van der Waals surface area contributed by atoms with Gasteiger partial charge in [-0.3, -0.25) is 14.9 Å². The summed E-state index contributed by atoms with van der Waals surface area (Å²) in [7, 11) is 0. The molecule has 1 aromatic carbocycles. The highest BCUT2D eigenvalue weighted by Gasteiger charge is 2.21. The first kappa shape index (κ1) is 14.6. The van der Waals surface area contributed by atoms with Gasteiger partial charge in [0.1, 0.15) is 5.69 Å². The van der Waals surface area contributed by atoms with Crippen LogP contribution in [0.15, 0.2) is 18.2 Å². The highest BCUT2D eigenvalue weighted by molar-refractivity contribution is 7.99. The van der Waals surface area contributed by atoms with Crippen LogP contribution in [-0.2, 0) is 0 Å². The second kappa shape index (κ2) is 6.60. The Labute approximate surface area is 121 Å². The molecule has 0 aromatic heterocycles. The van der Waals surface area contributed by atoms with E-state index in [0.717, 1.165) is 24.6 Å². The first-order valence-electron chi connectivity index (χ1n) is 6.52. The number of benzene rings is 1. The molecule has 1 amide bonds. The zero-order valence-electron chi connectivity index (χ0n) is 11.3. The molecule has 0 unspecified atom stereocenters. The zero-order valence-corrected chi connectivity index (χ0v) is 12.1. The SMILES string of the molecule is CCNc1cc(C(=O)N2CCSCC2)ccc1[N+](=O)[O-]. The van der Waals surface area contributed by atoms with Crippen LogP contribution in [0.5, 0.6) is 0 Å². The number of nitrogens with one attached hydrogen (secondary N) is 1. The number of rotatable bonds is 4. The zero-order chi connectivity index (χ0) is 14.5. The summed E-state index contributed by atoms with van der Waals surface area (Å²) in [6, 6.07) is 4.50. The Bertz CT molecular complexity index is 516. The van der Waals surface area contributed by atoms with Crippen molar-refractivity contribution < 1.29 is 9.72 Å². The van der Waals surface area contributed by atoms with Crippen molar-refractivity contribution in [1.29, 1.82) is 0 Å². The molecule has 0 spiro atoms. The van der Waals surface area contributed by atoms with E-state index in [1.165, 1.54) is 12.1 Å². The first-order chi connectivity index (χ1) is 9.63. The number of nitro benzene ring substituents is 1. The molecule has 6 nitrogen and oxygen atoms in total. The van der Waals surface area contributed by atoms with E-state index in [1.807, 2.05) is 18.7 Å². The topological polar surface area (TPSA) is 75.5 Å². The van der Waals surface area contributed by atoms with E-state index in [0.29, 0.717) is 17.8 Å². The van der Waals surface area contributed by atoms with Crippen LogP contribution < -0.4 is 5.32 Å². The molecule has 0 aliphatic carbocycles. The van der Waals surface area contributed by atoms with Crippen molar-refractivity contribution in [2.24, 2.45) is 0 Å². The third-order valence-corrected chi connectivity index (χ3v) is 4.05. The number of nitrogens with zero attached hydrogens (tertiary/aromatic N) is 2. The number of carbonyl (C=O) groups excluding carboxylic acids is 1. The second-order valence-corrected chi connectivity index (χ2v) is 5.65. The number of carbonyl (C=O) groups is 1. The molecule has 1 aliphatic rings. The molecule has 0 atom stereocenters. The molecule has 1 heterocycles. The van der Waals surface area contributed by atoms with Gasteiger partial charge in [-0.05, 0) is 19.1 Å². The molecule has 108 valence electrons. The third-order valence-electron chi connectivity index (χ3n) is 3.11. The predicted octanol–water partition coefficient (Wildman–Crippen LogP) is 2.22. The lowest BCUT2D eigenvalue weighted by Gasteiger charge is -2.26. The molecule has 2 rings (SSSR count). The van der Waals surface area contributed by atoms with E-state index < -0.39 is 4.92 Å². The van der Waals surface area contributed by atoms with Crippen LogP contribution in [0.1, 0.15) is 17.3 Å². The fourth-order valence-corrected chi connectivity index (χ4v) is 3.01. The second-order valence-electron chi connectivity index (χ2n) is 4.42. The fraction of sp³-hybridized carbons (Fsp3) is 0.462. The molecule has 7 heteroatoms. The number of thioether (sulfide) groups is 1. The molecular weight excluding hydrogens is 278 g/mol. The molecule has 0 saturated carbocycles. The maximum Gasteiger partial charge on any atom is 0.292 e. The molecule has 1 aromatic rings. The molecule has 1 fully saturated rings. The smallest absolute Gasteiger partial charge is 0.292 e. The molecular formula is C13H17N3O3S. The van der Waals surface area contributed by atoms with Crippen molar-refractivity contribution in [3.05, 3.63) is 33.9 Å². The Morgan fingerprint density at radius 3 is 2.75 bits per heavy atom. The van der Waals surface area contributed by atoms with Crippen molar-refractivity contribution >= 4 is 29.0 Å². The van der Waals surface area contributed by atoms with Crippen LogP contribution in [0.2, 0.25) is 0 Å². The van der Waals surface area contributed by atoms with Crippen molar-refractivity contribution in [1.82, 2.24) is 4.90 Å². The van der Waals surface area contributed by atoms with Gasteiger partial charge in [0, 0.05) is 42.8 Å². The molecule has 0 bridgehead atoms. The summed E-state index contributed by atoms with van der Waals surface area (Å²) in [5.41, 5.74) is 0.894. The van der Waals surface area contributed by atoms with Crippen LogP contribution in [0.3, 0.4) is 0 Å². The maximum absolute atomic E-state index is 12.4. The Kier molecular flexibility index (Phi) is 4.84. The Morgan fingerprint density at radius 1 is 1.45 bits per heavy atom. The summed E-state index contributed by atoms with van der Waals surface area (Å²) in [5, 5.41) is 13.9. The summed E-state index contributed by atoms with van der Waals surface area (Å²) >= 11 is 1.83. The van der Waals surface area contributed by atoms with Gasteiger partial charge < -0.3 is 10.2 Å². The van der Waals surface area contributed by atoms with Crippen molar-refractivity contribution in [3.8, 4) is 0 Å². The van der Waals surface area contributed by atoms with Gasteiger partial charge in [-0.25, -0.2) is 0 Å². The van der Waals surface area contributed by atoms with E-state index in [9.17, 15) is 14.9 Å². The largest absolute Gasteiger partial charge is 0.380 e. The van der Waals surface area contributed by atoms with Crippen molar-refractivity contribution in [3.63, 3.8) is 0 Å². The van der Waals surface area contributed by atoms with Crippen LogP contribution in [0, 0.1) is 10.1 Å². The van der Waals surface area contributed by atoms with Gasteiger partial charge in [0.2, 0.25) is 0 Å². The number of hydrogen-bond acceptors (Lipinski definition) is 5. The summed E-state index contributed by atoms with van der Waals surface area (Å²) in [6.45, 7) is 3.90. The molecule has 0 radical (unpaired) electrons. The van der Waals surface area contributed by atoms with Gasteiger partial charge in [-0.15, -0.1) is 0 Å². The standard InChI is InChI=1S/C13H17N3O3S/c1-2-14-11-9-10(3-4-12(11)16(18)19)13(17)15-5-7-20-8-6-15/h3-4,9,14H,2,5-8H2,1H3. The quantitative estimate of drug-likeness (QED) is 0.681. The average Bonchev–Trinajstić information content (AvgIpc) is 2.47. The van der Waals surface area contributed by atoms with Gasteiger partial charge in [0.25, 0.3) is 11.6 Å². The fourth-order valence-electron chi connectivity index (χ4n) is 2.11. The third kappa shape index (κ3) is 3.22. The van der Waals surface area contributed by atoms with E-state index >= 15 is 0 Å². The minimum absolute atomic E-state index is 0.00222. The van der Waals surface area contributed by atoms with Gasteiger partial charge in [-0.1, -0.05) is 0 Å². The van der Waals surface area contributed by atoms with Gasteiger partial charge in [0.05, 0.1) is 4.92 Å². The van der Waals surface area contributed by atoms with Gasteiger partial charge >= 0.3 is 0 Å². The van der Waals surface area contributed by atoms with E-state index in [4.69, 9.17) is 0 Å². The lowest BCUT2D eigenvalue weighted by Crippen LogP contribution is -2.37. The van der Waals surface area contributed by atoms with E-state index in [2.05, 4.69) is 5.32 Å². The summed E-state index contributed by atoms with van der Waals surface area (Å²) in [5.74, 6) is 1.83. The van der Waals surface area contributed by atoms with Crippen LogP contribution >= 0.6 is 11.8 Å². The summed E-state index contributed by atoms with van der Waals surface area (Å²) < 4.78 is 0. The van der Waals surface area contributed by atoms with Crippen molar-refractivity contribution in [2.45, 2.75) is 6.92 Å². The predicted molar refractivity (Wildman–Crippen MR) is 80.5 cm³/mol. The Morgan fingerprint density at radius 2 is 2.15 bits per heavy atom. The molecule has 1 saturated heterocycles. The Hall–Kier alpha value is -1.76. The summed E-state index contributed by atoms with van der Waals surface area (Å²) in [6.07, 6.45) is 0. The minimum Gasteiger partial charge on any atom is -0.380 e. The Balaban J connectivity index is 2.25. The monoisotopic (exact) mass is 295 g/mol. The van der Waals surface area contributed by atoms with Crippen LogP contribution in [0.25, 0.3) is 0 Å². The lowest BCUT2D eigenvalue weighted by atomic mass is 10.1. The van der Waals surface area contributed by atoms with E-state index in [1.54, 1.807) is 11.0 Å². The number of amides is 1. The molecule has 1 aliphatic heterocycles. The van der Waals surface area contributed by atoms with Crippen molar-refractivity contribution in [2.75, 3.05) is 36.5 Å². The van der Waals surface area contributed by atoms with Gasteiger partial charge in [-0.2, -0.15) is 11.8 Å². The summed E-state index contributed by atoms with van der Waals surface area (Å²) in [4.78, 5) is 24.7. The van der Waals surface area contributed by atoms with Crippen LogP contribution in [0.4, 0.5) is 11.4 Å². The lowest BCUT2D eigenvalue weighted by molar-refractivity contribution is -0.384. The van der Waals surface area contributed by atoms with Gasteiger partial charge in [0.15, 0.2) is 0 Å². The number of nitro groups is 1. The highest BCUT2D eigenvalue weighted by atomic mass is 32.2. The normalized spacial score (nSPS) is 14.9. The molecule has 20 heavy (non-hydrogen) atoms. The number of hydrogen-bond donors (Lipinski definition) is 1. The maximum atomic E-state index is 12.4. The first-order valence-corrected chi connectivity index (χ1v) is 7.68. The van der Waals surface area contributed by atoms with Crippen LogP contribution in [-0.4, -0.2) is 46.9 Å². The highest BCUT2D eigenvalue weighted by Crippen LogP contribution is 2.26. The van der Waals surface area contributed by atoms with E-state index in [-0.39, 0.29) is 11.6 Å². The number of anilines is 1. The average molecular weight is 295 g/mol. The minimum atomic E-state index is -0.441. The molecule has 1 N–H and O–H groups in total.